The number of likely N-dealkylation sites (tertiary alicyclic amines) is 1. The van der Waals surface area contributed by atoms with E-state index in [-0.39, 0.29) is 18.9 Å². The summed E-state index contributed by atoms with van der Waals surface area (Å²) in [6.45, 7) is 2.31. The van der Waals surface area contributed by atoms with Crippen LogP contribution in [-0.2, 0) is 16.1 Å². The number of benzene rings is 1. The first-order chi connectivity index (χ1) is 14.8. The summed E-state index contributed by atoms with van der Waals surface area (Å²) >= 11 is 1.58. The van der Waals surface area contributed by atoms with Gasteiger partial charge < -0.3 is 20.6 Å². The fourth-order valence-electron chi connectivity index (χ4n) is 4.14. The summed E-state index contributed by atoms with van der Waals surface area (Å²) in [5.74, 6) is -0.811. The van der Waals surface area contributed by atoms with Crippen molar-refractivity contribution in [2.45, 2.75) is 56.6 Å². The number of aliphatic hydroxyl groups is 1. The molecule has 1 aliphatic heterocycles. The molecule has 3 atom stereocenters. The summed E-state index contributed by atoms with van der Waals surface area (Å²) in [5, 5.41) is 15.7. The Balaban J connectivity index is 1.39. The number of β-amino-alcohol motifs (C(OH)–C–C–N with tert-alkyl or cyclic N) is 1. The third kappa shape index (κ3) is 4.49. The lowest BCUT2D eigenvalue weighted by atomic mass is 10.1. The van der Waals surface area contributed by atoms with Crippen LogP contribution in [0.5, 0.6) is 0 Å². The van der Waals surface area contributed by atoms with Crippen LogP contribution in [-0.4, -0.2) is 64.3 Å². The van der Waals surface area contributed by atoms with Crippen molar-refractivity contribution >= 4 is 23.2 Å². The predicted molar refractivity (Wildman–Crippen MR) is 116 cm³/mol. The Bertz CT molecular complexity index is 960. The third-order valence-corrected chi connectivity index (χ3v) is 7.05. The maximum Gasteiger partial charge on any atom is 0.243 e. The Morgan fingerprint density at radius 3 is 2.65 bits per heavy atom. The minimum absolute atomic E-state index is 0.0358. The first kappa shape index (κ1) is 21.9. The SMILES string of the molecule is CN[C@H](C(=O)N1C[C@H](O)C[C@H]1C(=O)NCc1ccc(-c2scnc2C)cc1)C1(F)CC1. The van der Waals surface area contributed by atoms with E-state index >= 15 is 0 Å². The van der Waals surface area contributed by atoms with E-state index in [9.17, 15) is 19.1 Å². The van der Waals surface area contributed by atoms with Crippen molar-refractivity contribution in [3.63, 3.8) is 0 Å². The zero-order valence-electron chi connectivity index (χ0n) is 17.6. The van der Waals surface area contributed by atoms with Gasteiger partial charge in [-0.15, -0.1) is 11.3 Å². The number of amides is 2. The number of alkyl halides is 1. The van der Waals surface area contributed by atoms with E-state index in [1.807, 2.05) is 36.7 Å². The number of hydrogen-bond donors (Lipinski definition) is 3. The van der Waals surface area contributed by atoms with Gasteiger partial charge in [-0.05, 0) is 37.9 Å². The molecular weight excluding hydrogens is 419 g/mol. The highest BCUT2D eigenvalue weighted by molar-refractivity contribution is 7.13. The molecule has 1 aromatic heterocycles. The predicted octanol–water partition coefficient (Wildman–Crippen LogP) is 1.79. The van der Waals surface area contributed by atoms with Crippen LogP contribution in [0.25, 0.3) is 10.4 Å². The van der Waals surface area contributed by atoms with Crippen LogP contribution in [0.2, 0.25) is 0 Å². The van der Waals surface area contributed by atoms with Gasteiger partial charge in [0, 0.05) is 19.5 Å². The van der Waals surface area contributed by atoms with Crippen molar-refractivity contribution < 1.29 is 19.1 Å². The fourth-order valence-corrected chi connectivity index (χ4v) is 4.95. The second kappa shape index (κ2) is 8.64. The summed E-state index contributed by atoms with van der Waals surface area (Å²) in [6, 6.07) is 6.07. The quantitative estimate of drug-likeness (QED) is 0.603. The van der Waals surface area contributed by atoms with Gasteiger partial charge in [-0.25, -0.2) is 9.37 Å². The van der Waals surface area contributed by atoms with E-state index in [1.54, 1.807) is 18.4 Å². The number of nitrogens with one attached hydrogen (secondary N) is 2. The van der Waals surface area contributed by atoms with E-state index in [4.69, 9.17) is 0 Å². The highest BCUT2D eigenvalue weighted by Gasteiger charge is 2.55. The summed E-state index contributed by atoms with van der Waals surface area (Å²) in [7, 11) is 1.54. The molecule has 0 spiro atoms. The number of likely N-dealkylation sites (N-methyl/N-ethyl adjacent to an activating group) is 1. The Morgan fingerprint density at radius 1 is 1.35 bits per heavy atom. The van der Waals surface area contributed by atoms with Gasteiger partial charge >= 0.3 is 0 Å². The summed E-state index contributed by atoms with van der Waals surface area (Å²) < 4.78 is 14.5. The lowest BCUT2D eigenvalue weighted by Crippen LogP contribution is -2.55. The van der Waals surface area contributed by atoms with Gasteiger partial charge in [0.1, 0.15) is 17.8 Å². The Hall–Kier alpha value is -2.36. The highest BCUT2D eigenvalue weighted by Crippen LogP contribution is 2.43. The number of thiazole rings is 1. The molecule has 2 fully saturated rings. The molecule has 0 bridgehead atoms. The minimum Gasteiger partial charge on any atom is -0.391 e. The van der Waals surface area contributed by atoms with Gasteiger partial charge in [0.2, 0.25) is 11.8 Å². The normalized spacial score (nSPS) is 22.9. The fraction of sp³-hybridized carbons (Fsp3) is 0.500. The molecule has 4 rings (SSSR count). The largest absolute Gasteiger partial charge is 0.391 e. The lowest BCUT2D eigenvalue weighted by Gasteiger charge is -2.29. The van der Waals surface area contributed by atoms with Crippen molar-refractivity contribution in [2.24, 2.45) is 0 Å². The zero-order chi connectivity index (χ0) is 22.2. The number of nitrogens with zero attached hydrogens (tertiary/aromatic N) is 2. The molecule has 7 nitrogen and oxygen atoms in total. The molecule has 2 heterocycles. The second-order valence-electron chi connectivity index (χ2n) is 8.33. The van der Waals surface area contributed by atoms with E-state index in [0.717, 1.165) is 21.7 Å². The highest BCUT2D eigenvalue weighted by atomic mass is 32.1. The molecule has 9 heteroatoms. The molecule has 2 aliphatic rings. The zero-order valence-corrected chi connectivity index (χ0v) is 18.4. The first-order valence-corrected chi connectivity index (χ1v) is 11.3. The van der Waals surface area contributed by atoms with E-state index in [1.165, 1.54) is 4.90 Å². The monoisotopic (exact) mass is 446 g/mol. The van der Waals surface area contributed by atoms with Crippen molar-refractivity contribution in [1.82, 2.24) is 20.5 Å². The molecule has 1 aliphatic carbocycles. The second-order valence-corrected chi connectivity index (χ2v) is 9.19. The topological polar surface area (TPSA) is 94.6 Å². The smallest absolute Gasteiger partial charge is 0.243 e. The Morgan fingerprint density at radius 2 is 2.06 bits per heavy atom. The maximum absolute atomic E-state index is 14.5. The van der Waals surface area contributed by atoms with Gasteiger partial charge in [0.05, 0.1) is 22.2 Å². The van der Waals surface area contributed by atoms with Crippen molar-refractivity contribution in [3.8, 4) is 10.4 Å². The van der Waals surface area contributed by atoms with Gasteiger partial charge in [-0.3, -0.25) is 9.59 Å². The molecule has 1 saturated heterocycles. The third-order valence-electron chi connectivity index (χ3n) is 6.07. The van der Waals surface area contributed by atoms with Gasteiger partial charge in [0.15, 0.2) is 0 Å². The molecule has 1 aromatic carbocycles. The number of aryl methyl sites for hydroxylation is 1. The lowest BCUT2D eigenvalue weighted by molar-refractivity contribution is -0.141. The number of hydrogen-bond acceptors (Lipinski definition) is 6. The molecule has 0 radical (unpaired) electrons. The van der Waals surface area contributed by atoms with Gasteiger partial charge in [-0.2, -0.15) is 0 Å². The molecule has 3 N–H and O–H groups in total. The summed E-state index contributed by atoms with van der Waals surface area (Å²) in [6.07, 6.45) is 0.00824. The number of carbonyl (C=O) groups is 2. The molecule has 1 saturated carbocycles. The average Bonchev–Trinajstić information content (AvgIpc) is 3.16. The van der Waals surface area contributed by atoms with Crippen LogP contribution in [0.3, 0.4) is 0 Å². The van der Waals surface area contributed by atoms with Gasteiger partial charge in [0.25, 0.3) is 0 Å². The van der Waals surface area contributed by atoms with Crippen LogP contribution < -0.4 is 10.6 Å². The molecule has 0 unspecified atom stereocenters. The van der Waals surface area contributed by atoms with E-state index in [0.29, 0.717) is 19.4 Å². The summed E-state index contributed by atoms with van der Waals surface area (Å²) in [4.78, 5) is 32.4. The number of aromatic nitrogens is 1. The number of aliphatic hydroxyl groups excluding tert-OH is 1. The van der Waals surface area contributed by atoms with Crippen molar-refractivity contribution in [2.75, 3.05) is 13.6 Å². The van der Waals surface area contributed by atoms with Crippen molar-refractivity contribution in [1.29, 1.82) is 0 Å². The number of carbonyl (C=O) groups excluding carboxylic acids is 2. The van der Waals surface area contributed by atoms with Crippen LogP contribution in [0.15, 0.2) is 29.8 Å². The van der Waals surface area contributed by atoms with Crippen LogP contribution in [0.4, 0.5) is 4.39 Å². The standard InChI is InChI=1S/C22H27FN4O3S/c1-13-18(31-12-26-13)15-5-3-14(4-6-15)10-25-20(29)17-9-16(28)11-27(17)21(30)19(24-2)22(23)7-8-22/h3-6,12,16-17,19,24,28H,7-11H2,1-2H3,(H,25,29)/t16-,17+,19-/m1/s1. The van der Waals surface area contributed by atoms with Crippen molar-refractivity contribution in [3.05, 3.63) is 41.0 Å². The Labute approximate surface area is 184 Å². The minimum atomic E-state index is -1.56. The molecular formula is C22H27FN4O3S. The van der Waals surface area contributed by atoms with Crippen LogP contribution in [0, 0.1) is 6.92 Å². The Kier molecular flexibility index (Phi) is 6.09. The molecule has 2 aromatic rings. The van der Waals surface area contributed by atoms with Crippen LogP contribution >= 0.6 is 11.3 Å². The number of rotatable bonds is 7. The molecule has 166 valence electrons. The number of halogens is 1. The van der Waals surface area contributed by atoms with Gasteiger partial charge in [-0.1, -0.05) is 24.3 Å². The summed E-state index contributed by atoms with van der Waals surface area (Å²) in [5.41, 5.74) is 3.23. The van der Waals surface area contributed by atoms with E-state index in [2.05, 4.69) is 15.6 Å². The molecule has 2 amide bonds. The van der Waals surface area contributed by atoms with E-state index < -0.39 is 29.8 Å². The maximum atomic E-state index is 14.5. The average molecular weight is 447 g/mol. The van der Waals surface area contributed by atoms with Crippen LogP contribution in [0.1, 0.15) is 30.5 Å². The molecule has 31 heavy (non-hydrogen) atoms. The first-order valence-electron chi connectivity index (χ1n) is 10.4.